The van der Waals surface area contributed by atoms with Crippen molar-refractivity contribution in [3.05, 3.63) is 59.3 Å². The van der Waals surface area contributed by atoms with Gasteiger partial charge in [-0.25, -0.2) is 14.4 Å². The summed E-state index contributed by atoms with van der Waals surface area (Å²) < 4.78 is 19.0. The number of nitrogens with one attached hydrogen (secondary N) is 1. The molecule has 0 unspecified atom stereocenters. The zero-order valence-electron chi connectivity index (χ0n) is 12.5. The smallest absolute Gasteiger partial charge is 0.165 e. The van der Waals surface area contributed by atoms with E-state index in [-0.39, 0.29) is 28.0 Å². The van der Waals surface area contributed by atoms with Gasteiger partial charge in [-0.05, 0) is 31.2 Å². The highest BCUT2D eigenvalue weighted by molar-refractivity contribution is 6.31. The second-order valence-electron chi connectivity index (χ2n) is 4.56. The molecule has 1 aromatic heterocycles. The van der Waals surface area contributed by atoms with Crippen LogP contribution in [-0.4, -0.2) is 22.2 Å². The summed E-state index contributed by atoms with van der Waals surface area (Å²) in [5.74, 6) is -0.171. The number of ether oxygens (including phenoxy) is 1. The zero-order chi connectivity index (χ0) is 16.8. The number of rotatable bonds is 3. The Labute approximate surface area is 138 Å². The molecule has 1 aromatic carbocycles. The van der Waals surface area contributed by atoms with Crippen LogP contribution in [0.4, 0.5) is 15.9 Å². The number of aromatic hydroxyl groups is 1. The maximum Gasteiger partial charge on any atom is 0.165 e. The molecule has 1 heterocycles. The quantitative estimate of drug-likeness (QED) is 0.881. The summed E-state index contributed by atoms with van der Waals surface area (Å²) >= 11 is 5.75. The van der Waals surface area contributed by atoms with Crippen LogP contribution in [-0.2, 0) is 0 Å². The van der Waals surface area contributed by atoms with Crippen molar-refractivity contribution >= 4 is 23.1 Å². The maximum absolute atomic E-state index is 13.9. The Morgan fingerprint density at radius 3 is 2.74 bits per heavy atom. The van der Waals surface area contributed by atoms with Crippen LogP contribution >= 0.6 is 11.6 Å². The third-order valence-electron chi connectivity index (χ3n) is 2.88. The summed E-state index contributed by atoms with van der Waals surface area (Å²) in [6, 6.07) is 9.00. The molecule has 23 heavy (non-hydrogen) atoms. The first-order valence-corrected chi connectivity index (χ1v) is 7.04. The number of halogens is 2. The number of aromatic nitrogens is 2. The SMILES string of the molecule is COc1cc(C)ncnc(Nc2cccc(Cl)c2F)ccc1O. The lowest BCUT2D eigenvalue weighted by Gasteiger charge is -2.06. The van der Waals surface area contributed by atoms with E-state index in [1.807, 2.05) is 0 Å². The van der Waals surface area contributed by atoms with Crippen molar-refractivity contribution in [2.24, 2.45) is 0 Å². The molecule has 7 heteroatoms. The van der Waals surface area contributed by atoms with Gasteiger partial charge in [-0.3, -0.25) is 0 Å². The summed E-state index contributed by atoms with van der Waals surface area (Å²) in [5, 5.41) is 12.8. The van der Waals surface area contributed by atoms with Crippen molar-refractivity contribution in [3.8, 4) is 11.5 Å². The predicted molar refractivity (Wildman–Crippen MR) is 87.3 cm³/mol. The van der Waals surface area contributed by atoms with E-state index in [1.165, 1.54) is 37.7 Å². The zero-order valence-corrected chi connectivity index (χ0v) is 13.3. The molecule has 2 rings (SSSR count). The van der Waals surface area contributed by atoms with Gasteiger partial charge in [0.05, 0.1) is 17.8 Å². The predicted octanol–water partition coefficient (Wildman–Crippen LogP) is 4.16. The van der Waals surface area contributed by atoms with Gasteiger partial charge in [-0.15, -0.1) is 0 Å². The van der Waals surface area contributed by atoms with Crippen LogP contribution < -0.4 is 10.1 Å². The molecule has 120 valence electrons. The lowest BCUT2D eigenvalue weighted by Crippen LogP contribution is -1.95. The lowest BCUT2D eigenvalue weighted by atomic mass is 10.3. The average Bonchev–Trinajstić information content (AvgIpc) is 2.53. The molecule has 0 bridgehead atoms. The van der Waals surface area contributed by atoms with Crippen molar-refractivity contribution in [2.45, 2.75) is 6.92 Å². The Kier molecular flexibility index (Phi) is 5.54. The van der Waals surface area contributed by atoms with E-state index in [9.17, 15) is 9.50 Å². The lowest BCUT2D eigenvalue weighted by molar-refractivity contribution is 0.374. The Morgan fingerprint density at radius 2 is 2.00 bits per heavy atom. The van der Waals surface area contributed by atoms with Crippen molar-refractivity contribution in [3.63, 3.8) is 0 Å². The van der Waals surface area contributed by atoms with Crippen LogP contribution in [0.25, 0.3) is 0 Å². The van der Waals surface area contributed by atoms with Gasteiger partial charge in [-0.1, -0.05) is 17.7 Å². The summed E-state index contributed by atoms with van der Waals surface area (Å²) in [6.07, 6.45) is 1.32. The number of nitrogens with zero attached hydrogens (tertiary/aromatic N) is 2. The van der Waals surface area contributed by atoms with Crippen LogP contribution in [0, 0.1) is 12.7 Å². The van der Waals surface area contributed by atoms with Crippen LogP contribution in [0.15, 0.2) is 42.7 Å². The molecule has 2 aromatic rings. The Morgan fingerprint density at radius 1 is 1.22 bits per heavy atom. The molecule has 0 atom stereocenters. The van der Waals surface area contributed by atoms with Gasteiger partial charge in [0.2, 0.25) is 0 Å². The Hall–Kier alpha value is -2.60. The molecule has 0 aliphatic heterocycles. The second-order valence-corrected chi connectivity index (χ2v) is 4.97. The topological polar surface area (TPSA) is 67.3 Å². The van der Waals surface area contributed by atoms with Gasteiger partial charge in [0, 0.05) is 11.8 Å². The van der Waals surface area contributed by atoms with E-state index >= 15 is 0 Å². The first-order valence-electron chi connectivity index (χ1n) is 6.66. The maximum atomic E-state index is 13.9. The third-order valence-corrected chi connectivity index (χ3v) is 3.18. The highest BCUT2D eigenvalue weighted by Gasteiger charge is 2.06. The minimum Gasteiger partial charge on any atom is -0.504 e. The van der Waals surface area contributed by atoms with Crippen molar-refractivity contribution in [1.29, 1.82) is 0 Å². The van der Waals surface area contributed by atoms with Gasteiger partial charge in [0.25, 0.3) is 0 Å². The molecule has 0 amide bonds. The molecular weight excluding hydrogens is 321 g/mol. The van der Waals surface area contributed by atoms with Crippen LogP contribution in [0.1, 0.15) is 5.69 Å². The molecular formula is C16H15ClFN3O2. The molecule has 0 saturated carbocycles. The molecule has 0 aliphatic rings. The number of hydrogen-bond acceptors (Lipinski definition) is 5. The summed E-state index contributed by atoms with van der Waals surface area (Å²) in [5.41, 5.74) is 0.745. The van der Waals surface area contributed by atoms with E-state index in [2.05, 4.69) is 15.3 Å². The standard InChI is InChI=1S/C16H15ClFN3O2/c1-10-8-14(23-2)13(22)6-7-15(20-9-19-10)21-12-5-3-4-11(17)16(12)18/h3-9,22H,1-2H3,(H,19,20,21). The second kappa shape index (κ2) is 7.60. The highest BCUT2D eigenvalue weighted by atomic mass is 35.5. The minimum atomic E-state index is -0.590. The molecule has 0 aliphatic carbocycles. The molecule has 0 spiro atoms. The van der Waals surface area contributed by atoms with E-state index < -0.39 is 5.82 Å². The van der Waals surface area contributed by atoms with Crippen molar-refractivity contribution < 1.29 is 14.2 Å². The molecule has 5 nitrogen and oxygen atoms in total. The molecule has 0 radical (unpaired) electrons. The van der Waals surface area contributed by atoms with E-state index in [4.69, 9.17) is 16.3 Å². The van der Waals surface area contributed by atoms with Gasteiger partial charge >= 0.3 is 0 Å². The number of benzene rings is 1. The summed E-state index contributed by atoms with van der Waals surface area (Å²) in [7, 11) is 1.44. The third kappa shape index (κ3) is 4.43. The van der Waals surface area contributed by atoms with Gasteiger partial charge in [-0.2, -0.15) is 0 Å². The van der Waals surface area contributed by atoms with E-state index in [0.29, 0.717) is 5.69 Å². The fourth-order valence-corrected chi connectivity index (χ4v) is 1.92. The molecule has 2 N–H and O–H groups in total. The number of anilines is 2. The normalized spacial score (nSPS) is 9.91. The van der Waals surface area contributed by atoms with E-state index in [0.717, 1.165) is 0 Å². The van der Waals surface area contributed by atoms with Crippen molar-refractivity contribution in [2.75, 3.05) is 12.4 Å². The van der Waals surface area contributed by atoms with Crippen LogP contribution in [0.3, 0.4) is 0 Å². The summed E-state index contributed by atoms with van der Waals surface area (Å²) in [6.45, 7) is 1.73. The van der Waals surface area contributed by atoms with Crippen molar-refractivity contribution in [1.82, 2.24) is 9.97 Å². The number of hydrogen-bond donors (Lipinski definition) is 2. The molecule has 0 fully saturated rings. The Balaban J connectivity index is 2.50. The van der Waals surface area contributed by atoms with Crippen LogP contribution in [0.2, 0.25) is 5.02 Å². The fourth-order valence-electron chi connectivity index (χ4n) is 1.74. The van der Waals surface area contributed by atoms with E-state index in [1.54, 1.807) is 19.1 Å². The van der Waals surface area contributed by atoms with Gasteiger partial charge in [0.1, 0.15) is 12.1 Å². The van der Waals surface area contributed by atoms with Crippen LogP contribution in [0.5, 0.6) is 11.5 Å². The monoisotopic (exact) mass is 335 g/mol. The fraction of sp³-hybridized carbons (Fsp3) is 0.125. The number of aryl methyl sites for hydroxylation is 1. The van der Waals surface area contributed by atoms with Gasteiger partial charge in [0.15, 0.2) is 17.3 Å². The minimum absolute atomic E-state index is 0.00342. The Bertz CT molecular complexity index is 770. The first kappa shape index (κ1) is 16.8. The summed E-state index contributed by atoms with van der Waals surface area (Å²) in [4.78, 5) is 8.17. The average molecular weight is 336 g/mol. The number of methoxy groups -OCH3 is 1. The largest absolute Gasteiger partial charge is 0.504 e. The van der Waals surface area contributed by atoms with Gasteiger partial charge < -0.3 is 15.2 Å². The molecule has 0 saturated heterocycles. The first-order chi connectivity index (χ1) is 11.0. The highest BCUT2D eigenvalue weighted by Crippen LogP contribution is 2.26.